The largest absolute Gasteiger partial charge is 0.379 e. The summed E-state index contributed by atoms with van der Waals surface area (Å²) in [5.74, 6) is 0. The molecule has 0 unspecified atom stereocenters. The van der Waals surface area contributed by atoms with Crippen molar-refractivity contribution < 1.29 is 21.6 Å². The molecular weight excluding hydrogens is 438 g/mol. The summed E-state index contributed by atoms with van der Waals surface area (Å²) in [4.78, 5) is 1.69. The molecule has 29 heavy (non-hydrogen) atoms. The molecule has 0 atom stereocenters. The molecule has 1 aliphatic heterocycles. The van der Waals surface area contributed by atoms with E-state index < -0.39 is 20.0 Å². The highest BCUT2D eigenvalue weighted by molar-refractivity contribution is 7.92. The van der Waals surface area contributed by atoms with Crippen molar-refractivity contribution in [2.45, 2.75) is 9.79 Å². The lowest BCUT2D eigenvalue weighted by Gasteiger charge is -2.26. The number of hydrogen-bond acceptors (Lipinski definition) is 6. The zero-order chi connectivity index (χ0) is 21.2. The van der Waals surface area contributed by atoms with Crippen molar-refractivity contribution in [3.63, 3.8) is 0 Å². The summed E-state index contributed by atoms with van der Waals surface area (Å²) in [5, 5.41) is 0.405. The first-order valence-electron chi connectivity index (χ1n) is 8.79. The second-order valence-electron chi connectivity index (χ2n) is 6.62. The average Bonchev–Trinajstić information content (AvgIpc) is 2.68. The van der Waals surface area contributed by atoms with Crippen LogP contribution >= 0.6 is 11.6 Å². The number of para-hydroxylation sites is 1. The van der Waals surface area contributed by atoms with E-state index in [0.29, 0.717) is 29.6 Å². The van der Waals surface area contributed by atoms with Crippen molar-refractivity contribution in [3.8, 4) is 0 Å². The average molecular weight is 460 g/mol. The maximum Gasteiger partial charge on any atom is 0.261 e. The van der Waals surface area contributed by atoms with Crippen LogP contribution in [0.25, 0.3) is 0 Å². The minimum Gasteiger partial charge on any atom is -0.379 e. The van der Waals surface area contributed by atoms with E-state index in [9.17, 15) is 16.8 Å². The number of anilines is 2. The van der Waals surface area contributed by atoms with Crippen molar-refractivity contribution >= 4 is 43.0 Å². The fraction of sp³-hybridized carbons (Fsp3) is 0.333. The SMILES string of the molecule is CN(C)c1c(Cl)cccc1NS(=O)(=O)c1ccc(S(=O)(=O)N2CCOCC2)cc1. The Bertz CT molecular complexity index is 1080. The maximum absolute atomic E-state index is 12.8. The van der Waals surface area contributed by atoms with Gasteiger partial charge in [0.15, 0.2) is 0 Å². The molecule has 11 heteroatoms. The number of sulfonamides is 2. The van der Waals surface area contributed by atoms with Crippen LogP contribution in [-0.2, 0) is 24.8 Å². The first kappa shape index (κ1) is 21.8. The number of ether oxygens (including phenoxy) is 1. The van der Waals surface area contributed by atoms with Gasteiger partial charge in [0, 0.05) is 27.2 Å². The van der Waals surface area contributed by atoms with Gasteiger partial charge >= 0.3 is 0 Å². The van der Waals surface area contributed by atoms with Crippen molar-refractivity contribution in [2.75, 3.05) is 50.0 Å². The standard InChI is InChI=1S/C18H22ClN3O5S2/c1-21(2)18-16(19)4-3-5-17(18)20-28(23,24)14-6-8-15(9-7-14)29(25,26)22-10-12-27-13-11-22/h3-9,20H,10-13H2,1-2H3. The molecule has 1 N–H and O–H groups in total. The topological polar surface area (TPSA) is 96.0 Å². The number of rotatable bonds is 6. The van der Waals surface area contributed by atoms with Crippen LogP contribution in [0.2, 0.25) is 5.02 Å². The molecule has 0 spiro atoms. The molecule has 0 bridgehead atoms. The Morgan fingerprint density at radius 3 is 2.14 bits per heavy atom. The van der Waals surface area contributed by atoms with Gasteiger partial charge in [-0.05, 0) is 36.4 Å². The predicted octanol–water partition coefficient (Wildman–Crippen LogP) is 2.23. The van der Waals surface area contributed by atoms with E-state index in [4.69, 9.17) is 16.3 Å². The maximum atomic E-state index is 12.8. The lowest BCUT2D eigenvalue weighted by Crippen LogP contribution is -2.40. The van der Waals surface area contributed by atoms with E-state index in [2.05, 4.69) is 4.72 Å². The first-order chi connectivity index (χ1) is 13.6. The molecule has 0 radical (unpaired) electrons. The number of nitrogens with one attached hydrogen (secondary N) is 1. The van der Waals surface area contributed by atoms with Gasteiger partial charge in [0.2, 0.25) is 10.0 Å². The van der Waals surface area contributed by atoms with Gasteiger partial charge < -0.3 is 9.64 Å². The van der Waals surface area contributed by atoms with Gasteiger partial charge in [-0.25, -0.2) is 16.8 Å². The first-order valence-corrected chi connectivity index (χ1v) is 12.1. The van der Waals surface area contributed by atoms with Gasteiger partial charge in [0.1, 0.15) is 0 Å². The zero-order valence-electron chi connectivity index (χ0n) is 16.0. The van der Waals surface area contributed by atoms with E-state index in [1.165, 1.54) is 28.6 Å². The molecule has 1 fully saturated rings. The molecule has 0 amide bonds. The molecule has 1 aliphatic rings. The Balaban J connectivity index is 1.87. The molecule has 0 saturated carbocycles. The van der Waals surface area contributed by atoms with Gasteiger partial charge in [-0.15, -0.1) is 0 Å². The fourth-order valence-electron chi connectivity index (χ4n) is 2.98. The third-order valence-corrected chi connectivity index (χ3v) is 8.02. The number of morpholine rings is 1. The molecule has 0 aliphatic carbocycles. The van der Waals surface area contributed by atoms with E-state index in [1.807, 2.05) is 0 Å². The quantitative estimate of drug-likeness (QED) is 0.711. The van der Waals surface area contributed by atoms with Crippen LogP contribution in [0, 0.1) is 0 Å². The van der Waals surface area contributed by atoms with Gasteiger partial charge in [-0.2, -0.15) is 4.31 Å². The summed E-state index contributed by atoms with van der Waals surface area (Å²) in [5.41, 5.74) is 0.858. The number of halogens is 1. The smallest absolute Gasteiger partial charge is 0.261 e. The Morgan fingerprint density at radius 2 is 1.55 bits per heavy atom. The summed E-state index contributed by atoms with van der Waals surface area (Å²) in [7, 11) is -4.12. The second-order valence-corrected chi connectivity index (χ2v) is 10.7. The number of benzene rings is 2. The summed E-state index contributed by atoms with van der Waals surface area (Å²) in [6.45, 7) is 1.21. The summed E-state index contributed by atoms with van der Waals surface area (Å²) in [6.07, 6.45) is 0. The number of nitrogens with zero attached hydrogens (tertiary/aromatic N) is 2. The van der Waals surface area contributed by atoms with E-state index in [-0.39, 0.29) is 22.9 Å². The van der Waals surface area contributed by atoms with Crippen LogP contribution in [0.3, 0.4) is 0 Å². The summed E-state index contributed by atoms with van der Waals surface area (Å²) >= 11 is 6.19. The predicted molar refractivity (Wildman–Crippen MR) is 113 cm³/mol. The lowest BCUT2D eigenvalue weighted by molar-refractivity contribution is 0.0730. The van der Waals surface area contributed by atoms with Crippen molar-refractivity contribution in [1.82, 2.24) is 4.31 Å². The van der Waals surface area contributed by atoms with Crippen LogP contribution in [0.5, 0.6) is 0 Å². The highest BCUT2D eigenvalue weighted by atomic mass is 35.5. The summed E-state index contributed by atoms with van der Waals surface area (Å²) in [6, 6.07) is 10.1. The monoisotopic (exact) mass is 459 g/mol. The van der Waals surface area contributed by atoms with Crippen LogP contribution in [0.1, 0.15) is 0 Å². The number of hydrogen-bond donors (Lipinski definition) is 1. The van der Waals surface area contributed by atoms with Gasteiger partial charge in [0.05, 0.1) is 39.4 Å². The Hall–Kier alpha value is -1.85. The fourth-order valence-corrected chi connectivity index (χ4v) is 5.80. The van der Waals surface area contributed by atoms with Crippen LogP contribution in [0.15, 0.2) is 52.3 Å². The molecule has 2 aromatic carbocycles. The lowest BCUT2D eigenvalue weighted by atomic mass is 10.2. The molecule has 1 saturated heterocycles. The van der Waals surface area contributed by atoms with E-state index in [1.54, 1.807) is 37.2 Å². The van der Waals surface area contributed by atoms with Crippen LogP contribution < -0.4 is 9.62 Å². The van der Waals surface area contributed by atoms with Crippen LogP contribution in [0.4, 0.5) is 11.4 Å². The summed E-state index contributed by atoms with van der Waals surface area (Å²) < 4.78 is 60.0. The zero-order valence-corrected chi connectivity index (χ0v) is 18.4. The van der Waals surface area contributed by atoms with Gasteiger partial charge in [-0.3, -0.25) is 4.72 Å². The van der Waals surface area contributed by atoms with E-state index >= 15 is 0 Å². The van der Waals surface area contributed by atoms with E-state index in [0.717, 1.165) is 0 Å². The third-order valence-electron chi connectivity index (χ3n) is 4.42. The minimum absolute atomic E-state index is 0.0371. The Labute approximate surface area is 176 Å². The Kier molecular flexibility index (Phi) is 6.39. The van der Waals surface area contributed by atoms with Gasteiger partial charge in [0.25, 0.3) is 10.0 Å². The van der Waals surface area contributed by atoms with Gasteiger partial charge in [-0.1, -0.05) is 17.7 Å². The third kappa shape index (κ3) is 4.67. The van der Waals surface area contributed by atoms with Crippen molar-refractivity contribution in [2.24, 2.45) is 0 Å². The molecule has 0 aromatic heterocycles. The molecule has 8 nitrogen and oxygen atoms in total. The molecule has 3 rings (SSSR count). The highest BCUT2D eigenvalue weighted by Gasteiger charge is 2.27. The van der Waals surface area contributed by atoms with Crippen molar-refractivity contribution in [3.05, 3.63) is 47.5 Å². The van der Waals surface area contributed by atoms with Crippen LogP contribution in [-0.4, -0.2) is 61.5 Å². The molecule has 158 valence electrons. The molecular formula is C18H22ClN3O5S2. The second kappa shape index (κ2) is 8.49. The Morgan fingerprint density at radius 1 is 0.966 bits per heavy atom. The van der Waals surface area contributed by atoms with Crippen molar-refractivity contribution in [1.29, 1.82) is 0 Å². The molecule has 2 aromatic rings. The minimum atomic E-state index is -3.94. The normalized spacial score (nSPS) is 15.8. The molecule has 1 heterocycles. The highest BCUT2D eigenvalue weighted by Crippen LogP contribution is 2.34.